The third-order valence-corrected chi connectivity index (χ3v) is 4.19. The van der Waals surface area contributed by atoms with Gasteiger partial charge in [-0.05, 0) is 49.7 Å². The lowest BCUT2D eigenvalue weighted by Gasteiger charge is -2.10. The minimum Gasteiger partial charge on any atom is -0.496 e. The lowest BCUT2D eigenvalue weighted by atomic mass is 10.0. The van der Waals surface area contributed by atoms with Crippen LogP contribution >= 0.6 is 15.9 Å². The lowest BCUT2D eigenvalue weighted by Crippen LogP contribution is -2.14. The largest absolute Gasteiger partial charge is 0.496 e. The van der Waals surface area contributed by atoms with Gasteiger partial charge < -0.3 is 10.1 Å². The summed E-state index contributed by atoms with van der Waals surface area (Å²) in [5.41, 5.74) is 3.22. The quantitative estimate of drug-likeness (QED) is 0.729. The number of ketones is 1. The second kappa shape index (κ2) is 8.11. The predicted molar refractivity (Wildman–Crippen MR) is 98.8 cm³/mol. The first-order valence-electron chi connectivity index (χ1n) is 7.64. The van der Waals surface area contributed by atoms with Gasteiger partial charge in [-0.15, -0.1) is 0 Å². The molecule has 2 aromatic carbocycles. The molecule has 2 aromatic rings. The van der Waals surface area contributed by atoms with Crippen molar-refractivity contribution in [3.8, 4) is 5.75 Å². The number of halogens is 1. The maximum atomic E-state index is 12.4. The molecule has 1 amide bonds. The number of anilines is 1. The molecular weight excluding hydrogens is 370 g/mol. The van der Waals surface area contributed by atoms with Crippen molar-refractivity contribution < 1.29 is 14.3 Å². The number of amides is 1. The van der Waals surface area contributed by atoms with E-state index in [1.54, 1.807) is 12.1 Å². The standard InChI is InChI=1S/C19H20BrNO3/c1-12-4-8-18(24-3)15(10-12)17(22)7-9-19(23)21-16-6-5-14(20)11-13(16)2/h4-6,8,10-11H,7,9H2,1-3H3,(H,21,23). The van der Waals surface area contributed by atoms with Gasteiger partial charge in [-0.2, -0.15) is 0 Å². The Morgan fingerprint density at radius 1 is 1.08 bits per heavy atom. The monoisotopic (exact) mass is 389 g/mol. The fourth-order valence-electron chi connectivity index (χ4n) is 2.38. The van der Waals surface area contributed by atoms with Gasteiger partial charge in [-0.3, -0.25) is 9.59 Å². The van der Waals surface area contributed by atoms with Crippen molar-refractivity contribution >= 4 is 33.3 Å². The van der Waals surface area contributed by atoms with Crippen molar-refractivity contribution in [2.24, 2.45) is 0 Å². The normalized spacial score (nSPS) is 10.3. The number of hydrogen-bond acceptors (Lipinski definition) is 3. The van der Waals surface area contributed by atoms with Crippen LogP contribution in [0.3, 0.4) is 0 Å². The maximum absolute atomic E-state index is 12.4. The Labute approximate surface area is 150 Å². The number of methoxy groups -OCH3 is 1. The number of hydrogen-bond donors (Lipinski definition) is 1. The summed E-state index contributed by atoms with van der Waals surface area (Å²) in [7, 11) is 1.53. The summed E-state index contributed by atoms with van der Waals surface area (Å²) in [6, 6.07) is 11.1. The van der Waals surface area contributed by atoms with Gasteiger partial charge in [0.05, 0.1) is 12.7 Å². The molecule has 1 N–H and O–H groups in total. The first kappa shape index (κ1) is 18.2. The topological polar surface area (TPSA) is 55.4 Å². The molecule has 0 aliphatic rings. The zero-order valence-corrected chi connectivity index (χ0v) is 15.6. The summed E-state index contributed by atoms with van der Waals surface area (Å²) in [5, 5.41) is 2.84. The van der Waals surface area contributed by atoms with Crippen molar-refractivity contribution in [3.05, 3.63) is 57.6 Å². The number of carbonyl (C=O) groups is 2. The van der Waals surface area contributed by atoms with Crippen LogP contribution in [0.1, 0.15) is 34.3 Å². The molecule has 0 atom stereocenters. The van der Waals surface area contributed by atoms with Crippen molar-refractivity contribution in [2.75, 3.05) is 12.4 Å². The Balaban J connectivity index is 1.99. The fraction of sp³-hybridized carbons (Fsp3) is 0.263. The van der Waals surface area contributed by atoms with E-state index in [0.717, 1.165) is 21.3 Å². The van der Waals surface area contributed by atoms with E-state index >= 15 is 0 Å². The third-order valence-electron chi connectivity index (χ3n) is 3.70. The average molecular weight is 390 g/mol. The van der Waals surface area contributed by atoms with Crippen molar-refractivity contribution in [2.45, 2.75) is 26.7 Å². The zero-order chi connectivity index (χ0) is 17.7. The molecule has 5 heteroatoms. The second-order valence-electron chi connectivity index (χ2n) is 5.63. The van der Waals surface area contributed by atoms with Crippen molar-refractivity contribution in [1.29, 1.82) is 0 Å². The molecule has 0 aromatic heterocycles. The molecule has 0 saturated heterocycles. The SMILES string of the molecule is COc1ccc(C)cc1C(=O)CCC(=O)Nc1ccc(Br)cc1C. The average Bonchev–Trinajstić information content (AvgIpc) is 2.55. The van der Waals surface area contributed by atoms with Crippen LogP contribution in [-0.2, 0) is 4.79 Å². The van der Waals surface area contributed by atoms with E-state index in [-0.39, 0.29) is 24.5 Å². The molecule has 24 heavy (non-hydrogen) atoms. The molecule has 126 valence electrons. The van der Waals surface area contributed by atoms with E-state index in [1.807, 2.05) is 38.1 Å². The van der Waals surface area contributed by atoms with Crippen molar-refractivity contribution in [1.82, 2.24) is 0 Å². The van der Waals surface area contributed by atoms with Crippen LogP contribution in [0.15, 0.2) is 40.9 Å². The van der Waals surface area contributed by atoms with Crippen LogP contribution in [-0.4, -0.2) is 18.8 Å². The fourth-order valence-corrected chi connectivity index (χ4v) is 2.86. The van der Waals surface area contributed by atoms with Gasteiger partial charge in [-0.25, -0.2) is 0 Å². The maximum Gasteiger partial charge on any atom is 0.224 e. The van der Waals surface area contributed by atoms with E-state index in [0.29, 0.717) is 11.3 Å². The number of benzene rings is 2. The van der Waals surface area contributed by atoms with Gasteiger partial charge in [0, 0.05) is 23.0 Å². The molecule has 0 radical (unpaired) electrons. The van der Waals surface area contributed by atoms with Crippen LogP contribution in [0, 0.1) is 13.8 Å². The van der Waals surface area contributed by atoms with Crippen LogP contribution in [0.5, 0.6) is 5.75 Å². The molecule has 0 spiro atoms. The summed E-state index contributed by atoms with van der Waals surface area (Å²) in [6.45, 7) is 3.84. The first-order valence-corrected chi connectivity index (χ1v) is 8.44. The van der Waals surface area contributed by atoms with Gasteiger partial charge in [0.15, 0.2) is 5.78 Å². The van der Waals surface area contributed by atoms with E-state index in [9.17, 15) is 9.59 Å². The Kier molecular flexibility index (Phi) is 6.15. The number of ether oxygens (including phenoxy) is 1. The highest BCUT2D eigenvalue weighted by atomic mass is 79.9. The third kappa shape index (κ3) is 4.68. The summed E-state index contributed by atoms with van der Waals surface area (Å²) in [4.78, 5) is 24.5. The first-order chi connectivity index (χ1) is 11.4. The van der Waals surface area contributed by atoms with E-state index in [4.69, 9.17) is 4.74 Å². The Bertz CT molecular complexity index is 771. The summed E-state index contributed by atoms with van der Waals surface area (Å²) in [5.74, 6) is 0.258. The van der Waals surface area contributed by atoms with Gasteiger partial charge >= 0.3 is 0 Å². The van der Waals surface area contributed by atoms with Crippen LogP contribution in [0.4, 0.5) is 5.69 Å². The molecule has 0 aliphatic heterocycles. The Morgan fingerprint density at radius 3 is 2.50 bits per heavy atom. The summed E-state index contributed by atoms with van der Waals surface area (Å²) >= 11 is 3.39. The Hall–Kier alpha value is -2.14. The highest BCUT2D eigenvalue weighted by molar-refractivity contribution is 9.10. The van der Waals surface area contributed by atoms with Gasteiger partial charge in [0.2, 0.25) is 5.91 Å². The lowest BCUT2D eigenvalue weighted by molar-refractivity contribution is -0.116. The minimum atomic E-state index is -0.180. The molecule has 0 bridgehead atoms. The smallest absolute Gasteiger partial charge is 0.224 e. The highest BCUT2D eigenvalue weighted by Gasteiger charge is 2.14. The van der Waals surface area contributed by atoms with E-state index in [2.05, 4.69) is 21.2 Å². The number of rotatable bonds is 6. The summed E-state index contributed by atoms with van der Waals surface area (Å²) in [6.07, 6.45) is 0.270. The van der Waals surface area contributed by atoms with Crippen LogP contribution in [0.2, 0.25) is 0 Å². The van der Waals surface area contributed by atoms with Gasteiger partial charge in [-0.1, -0.05) is 27.6 Å². The second-order valence-corrected chi connectivity index (χ2v) is 6.55. The molecule has 0 aliphatic carbocycles. The number of carbonyl (C=O) groups excluding carboxylic acids is 2. The zero-order valence-electron chi connectivity index (χ0n) is 14.0. The number of Topliss-reactive ketones (excluding diaryl/α,β-unsaturated/α-hetero) is 1. The van der Waals surface area contributed by atoms with E-state index in [1.165, 1.54) is 7.11 Å². The highest BCUT2D eigenvalue weighted by Crippen LogP contribution is 2.23. The van der Waals surface area contributed by atoms with E-state index < -0.39 is 0 Å². The molecule has 2 rings (SSSR count). The molecular formula is C19H20BrNO3. The number of nitrogens with one attached hydrogen (secondary N) is 1. The molecule has 0 saturated carbocycles. The van der Waals surface area contributed by atoms with Gasteiger partial charge in [0.25, 0.3) is 0 Å². The molecule has 0 unspecified atom stereocenters. The van der Waals surface area contributed by atoms with Gasteiger partial charge in [0.1, 0.15) is 5.75 Å². The molecule has 4 nitrogen and oxygen atoms in total. The molecule has 0 fully saturated rings. The van der Waals surface area contributed by atoms with Crippen LogP contribution in [0.25, 0.3) is 0 Å². The Morgan fingerprint density at radius 2 is 1.83 bits per heavy atom. The number of aryl methyl sites for hydroxylation is 2. The van der Waals surface area contributed by atoms with Crippen LogP contribution < -0.4 is 10.1 Å². The van der Waals surface area contributed by atoms with Crippen molar-refractivity contribution in [3.63, 3.8) is 0 Å². The summed E-state index contributed by atoms with van der Waals surface area (Å²) < 4.78 is 6.18. The molecule has 0 heterocycles. The predicted octanol–water partition coefficient (Wildman–Crippen LogP) is 4.68. The minimum absolute atomic E-state index is 0.0989.